The van der Waals surface area contributed by atoms with Gasteiger partial charge in [0.25, 0.3) is 0 Å². The van der Waals surface area contributed by atoms with Gasteiger partial charge in [-0.2, -0.15) is 0 Å². The number of carboxylic acids is 1. The van der Waals surface area contributed by atoms with Crippen LogP contribution in [0.15, 0.2) is 12.2 Å². The van der Waals surface area contributed by atoms with Crippen LogP contribution in [0, 0.1) is 0 Å². The summed E-state index contributed by atoms with van der Waals surface area (Å²) < 4.78 is 5.95. The number of allylic oxidation sites excluding steroid dienone is 2. The molecule has 0 fully saturated rings. The Balaban J connectivity index is 3.72. The van der Waals surface area contributed by atoms with Gasteiger partial charge in [0, 0.05) is 12.8 Å². The van der Waals surface area contributed by atoms with Crippen LogP contribution in [0.5, 0.6) is 0 Å². The number of unbranched alkanes of at least 4 members (excludes halogenated alkanes) is 9. The third kappa shape index (κ3) is 16.8. The molecule has 0 aliphatic rings. The van der Waals surface area contributed by atoms with E-state index in [2.05, 4.69) is 19.1 Å². The normalized spacial score (nSPS) is 13.0. The van der Waals surface area contributed by atoms with Crippen LogP contribution in [-0.2, 0) is 14.3 Å². The molecule has 0 aliphatic heterocycles. The van der Waals surface area contributed by atoms with E-state index in [4.69, 9.17) is 9.84 Å². The van der Waals surface area contributed by atoms with Crippen molar-refractivity contribution < 1.29 is 23.9 Å². The molecule has 0 aromatic rings. The van der Waals surface area contributed by atoms with E-state index in [0.29, 0.717) is 17.3 Å². The molecule has 0 aliphatic carbocycles. The van der Waals surface area contributed by atoms with Gasteiger partial charge in [-0.1, -0.05) is 57.6 Å². The summed E-state index contributed by atoms with van der Waals surface area (Å²) in [4.78, 5) is 22.8. The first-order chi connectivity index (χ1) is 13.3. The molecule has 0 heterocycles. The zero-order valence-electron chi connectivity index (χ0n) is 18.8. The number of hydrogen-bond donors (Lipinski definition) is 1. The van der Waals surface area contributed by atoms with Crippen LogP contribution in [0.3, 0.4) is 0 Å². The molecule has 0 spiro atoms. The fourth-order valence-electron chi connectivity index (χ4n) is 3.05. The van der Waals surface area contributed by atoms with Gasteiger partial charge in [0.05, 0.1) is 27.6 Å². The molecule has 0 bridgehead atoms. The van der Waals surface area contributed by atoms with Gasteiger partial charge in [0.2, 0.25) is 6.23 Å². The smallest absolute Gasteiger partial charge is 0.310 e. The Labute approximate surface area is 172 Å². The van der Waals surface area contributed by atoms with Crippen molar-refractivity contribution in [2.75, 3.05) is 21.1 Å². The molecule has 0 unspecified atom stereocenters. The predicted molar refractivity (Wildman–Crippen MR) is 115 cm³/mol. The Bertz CT molecular complexity index is 440. The lowest BCUT2D eigenvalue weighted by Gasteiger charge is -2.32. The maximum atomic E-state index is 12.1. The molecular weight excluding hydrogens is 354 g/mol. The van der Waals surface area contributed by atoms with Crippen molar-refractivity contribution in [2.24, 2.45) is 0 Å². The van der Waals surface area contributed by atoms with Crippen molar-refractivity contribution in [3.8, 4) is 0 Å². The molecule has 0 aromatic heterocycles. The summed E-state index contributed by atoms with van der Waals surface area (Å²) in [7, 11) is 5.75. The number of aliphatic carboxylic acids is 1. The first-order valence-corrected chi connectivity index (χ1v) is 11.1. The fraction of sp³-hybridized carbons (Fsp3) is 0.826. The molecule has 1 atom stereocenters. The lowest BCUT2D eigenvalue weighted by Crippen LogP contribution is -2.47. The molecule has 164 valence electrons. The molecule has 0 saturated heterocycles. The van der Waals surface area contributed by atoms with E-state index < -0.39 is 12.2 Å². The maximum absolute atomic E-state index is 12.1. The van der Waals surface area contributed by atoms with Gasteiger partial charge in [-0.15, -0.1) is 0 Å². The maximum Gasteiger partial charge on any atom is 0.310 e. The first-order valence-electron chi connectivity index (χ1n) is 11.1. The van der Waals surface area contributed by atoms with Crippen molar-refractivity contribution in [3.05, 3.63) is 12.2 Å². The van der Waals surface area contributed by atoms with Gasteiger partial charge in [-0.05, 0) is 32.1 Å². The predicted octanol–water partition coefficient (Wildman–Crippen LogP) is 5.68. The molecular formula is C23H44NO4+. The van der Waals surface area contributed by atoms with Gasteiger partial charge >= 0.3 is 11.9 Å². The second-order valence-electron chi connectivity index (χ2n) is 8.62. The summed E-state index contributed by atoms with van der Waals surface area (Å²) >= 11 is 0. The van der Waals surface area contributed by atoms with Gasteiger partial charge in [-0.25, -0.2) is 0 Å². The third-order valence-corrected chi connectivity index (χ3v) is 4.88. The molecule has 0 saturated carbocycles. The van der Waals surface area contributed by atoms with E-state index in [1.165, 1.54) is 44.9 Å². The van der Waals surface area contributed by atoms with Gasteiger partial charge < -0.3 is 9.84 Å². The van der Waals surface area contributed by atoms with Crippen LogP contribution >= 0.6 is 0 Å². The average Bonchev–Trinajstić information content (AvgIpc) is 2.61. The highest BCUT2D eigenvalue weighted by Gasteiger charge is 2.28. The number of nitrogens with zero attached hydrogens (tertiary/aromatic N) is 1. The lowest BCUT2D eigenvalue weighted by molar-refractivity contribution is -0.917. The fourth-order valence-corrected chi connectivity index (χ4v) is 3.05. The second-order valence-corrected chi connectivity index (χ2v) is 8.62. The van der Waals surface area contributed by atoms with E-state index in [0.717, 1.165) is 25.7 Å². The minimum atomic E-state index is -0.860. The number of carboxylic acid groups (broad SMARTS) is 1. The molecule has 0 amide bonds. The Kier molecular flexibility index (Phi) is 15.8. The highest BCUT2D eigenvalue weighted by atomic mass is 16.6. The highest BCUT2D eigenvalue weighted by Crippen LogP contribution is 2.15. The molecule has 5 heteroatoms. The van der Waals surface area contributed by atoms with Crippen LogP contribution in [0.25, 0.3) is 0 Å². The number of carbonyl (C=O) groups is 2. The largest absolute Gasteiger partial charge is 0.481 e. The van der Waals surface area contributed by atoms with Crippen LogP contribution < -0.4 is 0 Å². The molecule has 0 radical (unpaired) electrons. The SMILES string of the molecule is CCCCCC/C=C\CCCCCCCC(=O)O[C@@H](CCC(=O)O)[N+](C)(C)C. The van der Waals surface area contributed by atoms with Crippen molar-refractivity contribution in [1.29, 1.82) is 0 Å². The summed E-state index contributed by atoms with van der Waals surface area (Å²) in [6.45, 7) is 2.24. The Hall–Kier alpha value is -1.36. The average molecular weight is 399 g/mol. The summed E-state index contributed by atoms with van der Waals surface area (Å²) in [6, 6.07) is 0. The molecule has 1 N–H and O–H groups in total. The first kappa shape index (κ1) is 26.6. The van der Waals surface area contributed by atoms with E-state index in [1.54, 1.807) is 0 Å². The molecule has 0 aromatic carbocycles. The van der Waals surface area contributed by atoms with Gasteiger partial charge in [0.15, 0.2) is 0 Å². The van der Waals surface area contributed by atoms with E-state index >= 15 is 0 Å². The molecule has 28 heavy (non-hydrogen) atoms. The quantitative estimate of drug-likeness (QED) is 0.106. The summed E-state index contributed by atoms with van der Waals surface area (Å²) in [5.41, 5.74) is 0. The minimum Gasteiger partial charge on any atom is -0.481 e. The van der Waals surface area contributed by atoms with Crippen LogP contribution in [0.4, 0.5) is 0 Å². The van der Waals surface area contributed by atoms with Gasteiger partial charge in [-0.3, -0.25) is 14.1 Å². The van der Waals surface area contributed by atoms with Crippen molar-refractivity contribution in [3.63, 3.8) is 0 Å². The number of esters is 1. The number of ether oxygens (including phenoxy) is 1. The van der Waals surface area contributed by atoms with E-state index in [9.17, 15) is 9.59 Å². The van der Waals surface area contributed by atoms with Crippen LogP contribution in [-0.4, -0.2) is 48.9 Å². The zero-order valence-corrected chi connectivity index (χ0v) is 18.8. The van der Waals surface area contributed by atoms with Crippen molar-refractivity contribution in [2.45, 2.75) is 103 Å². The number of hydrogen-bond acceptors (Lipinski definition) is 3. The van der Waals surface area contributed by atoms with Crippen LogP contribution in [0.2, 0.25) is 0 Å². The topological polar surface area (TPSA) is 63.6 Å². The minimum absolute atomic E-state index is 0.0145. The monoisotopic (exact) mass is 398 g/mol. The summed E-state index contributed by atoms with van der Waals surface area (Å²) in [5, 5.41) is 8.85. The Morgan fingerprint density at radius 1 is 0.857 bits per heavy atom. The number of carbonyl (C=O) groups excluding carboxylic acids is 1. The number of rotatable bonds is 18. The van der Waals surface area contributed by atoms with Gasteiger partial charge in [0.1, 0.15) is 0 Å². The Morgan fingerprint density at radius 2 is 1.39 bits per heavy atom. The summed E-state index contributed by atoms with van der Waals surface area (Å²) in [5.74, 6) is -1.07. The van der Waals surface area contributed by atoms with Crippen LogP contribution in [0.1, 0.15) is 96.8 Å². The van der Waals surface area contributed by atoms with E-state index in [-0.39, 0.29) is 12.4 Å². The van der Waals surface area contributed by atoms with Crippen molar-refractivity contribution >= 4 is 11.9 Å². The standard InChI is InChI=1S/C23H43NO4/c1-5-6-7-8-9-10-11-12-13-14-15-16-17-18-23(27)28-21(24(2,3)4)19-20-22(25)26/h10-11,21H,5-9,12-20H2,1-4H3/p+1/b11-10-/t21-/m0/s1. The number of quaternary nitrogens is 1. The second kappa shape index (κ2) is 16.6. The third-order valence-electron chi connectivity index (χ3n) is 4.88. The van der Waals surface area contributed by atoms with E-state index in [1.807, 2.05) is 21.1 Å². The molecule has 0 rings (SSSR count). The molecule has 5 nitrogen and oxygen atoms in total. The Morgan fingerprint density at radius 3 is 1.93 bits per heavy atom. The highest BCUT2D eigenvalue weighted by molar-refractivity contribution is 5.69. The summed E-state index contributed by atoms with van der Waals surface area (Å²) in [6.07, 6.45) is 18.1. The van der Waals surface area contributed by atoms with Crippen molar-refractivity contribution in [1.82, 2.24) is 0 Å². The lowest BCUT2D eigenvalue weighted by atomic mass is 10.1. The zero-order chi connectivity index (χ0) is 21.3.